The molecule has 3 rings (SSSR count). The molecule has 0 spiro atoms. The Morgan fingerprint density at radius 3 is 2.07 bits per heavy atom. The molecule has 3 aromatic carbocycles. The largest absolute Gasteiger partial charge is 0.495 e. The van der Waals surface area contributed by atoms with Crippen LogP contribution in [0, 0.1) is 6.92 Å². The molecule has 0 radical (unpaired) electrons. The fourth-order valence-electron chi connectivity index (χ4n) is 4.67. The molecular weight excluding hydrogens is 606 g/mol. The highest BCUT2D eigenvalue weighted by atomic mass is 35.5. The molecule has 0 aliphatic heterocycles. The van der Waals surface area contributed by atoms with Crippen molar-refractivity contribution in [2.24, 2.45) is 0 Å². The highest BCUT2D eigenvalue weighted by Crippen LogP contribution is 2.37. The minimum Gasteiger partial charge on any atom is -0.495 e. The predicted molar refractivity (Wildman–Crippen MR) is 171 cm³/mol. The Balaban J connectivity index is 2.17. The minimum absolute atomic E-state index is 0.0538. The lowest BCUT2D eigenvalue weighted by molar-refractivity contribution is -0.140. The Morgan fingerprint density at radius 1 is 0.886 bits per heavy atom. The van der Waals surface area contributed by atoms with Crippen molar-refractivity contribution >= 4 is 39.1 Å². The first kappa shape index (κ1) is 34.5. The number of nitrogens with one attached hydrogen (secondary N) is 1. The summed E-state index contributed by atoms with van der Waals surface area (Å²) in [5.74, 6) is -0.225. The first-order valence-electron chi connectivity index (χ1n) is 14.1. The Kier molecular flexibility index (Phi) is 11.9. The van der Waals surface area contributed by atoms with Crippen LogP contribution >= 0.6 is 11.6 Å². The summed E-state index contributed by atoms with van der Waals surface area (Å²) in [7, 11) is -0.202. The standard InChI is InChI=1S/C32H40ClN3O7S/c1-8-26(32(38)34-21(2)3)35(19-23-11-9-22(4)10-12-23)31(37)20-36(27-17-24(33)13-15-28(27)41-5)44(39,40)25-14-16-29(42-6)30(18-25)43-7/h9-18,21,26H,8,19-20H2,1-7H3,(H,34,38)/t26-/m0/s1. The molecule has 238 valence electrons. The molecule has 3 aromatic rings. The summed E-state index contributed by atoms with van der Waals surface area (Å²) >= 11 is 6.32. The lowest BCUT2D eigenvalue weighted by Crippen LogP contribution is -2.53. The van der Waals surface area contributed by atoms with Crippen LogP contribution in [-0.2, 0) is 26.2 Å². The van der Waals surface area contributed by atoms with E-state index in [0.29, 0.717) is 12.2 Å². The number of carbonyl (C=O) groups is 2. The van der Waals surface area contributed by atoms with E-state index in [1.54, 1.807) is 13.0 Å². The van der Waals surface area contributed by atoms with Crippen LogP contribution in [0.1, 0.15) is 38.3 Å². The first-order valence-corrected chi connectivity index (χ1v) is 15.9. The number of anilines is 1. The molecule has 0 heterocycles. The second kappa shape index (κ2) is 15.2. The third-order valence-corrected chi connectivity index (χ3v) is 8.91. The van der Waals surface area contributed by atoms with Gasteiger partial charge in [-0.2, -0.15) is 0 Å². The van der Waals surface area contributed by atoms with E-state index >= 15 is 0 Å². The summed E-state index contributed by atoms with van der Waals surface area (Å²) in [4.78, 5) is 28.9. The van der Waals surface area contributed by atoms with Crippen LogP contribution in [-0.4, -0.2) is 65.1 Å². The van der Waals surface area contributed by atoms with Gasteiger partial charge in [0.2, 0.25) is 11.8 Å². The van der Waals surface area contributed by atoms with Gasteiger partial charge < -0.3 is 24.4 Å². The average Bonchev–Trinajstić information content (AvgIpc) is 2.99. The van der Waals surface area contributed by atoms with Crippen LogP contribution in [0.4, 0.5) is 5.69 Å². The number of hydrogen-bond acceptors (Lipinski definition) is 7. The Labute approximate surface area is 264 Å². The number of ether oxygens (including phenoxy) is 3. The van der Waals surface area contributed by atoms with E-state index in [0.717, 1.165) is 15.4 Å². The van der Waals surface area contributed by atoms with Crippen LogP contribution in [0.3, 0.4) is 0 Å². The molecule has 10 nitrogen and oxygen atoms in total. The third-order valence-electron chi connectivity index (χ3n) is 6.92. The first-order chi connectivity index (χ1) is 20.9. The predicted octanol–water partition coefficient (Wildman–Crippen LogP) is 5.20. The lowest BCUT2D eigenvalue weighted by Gasteiger charge is -2.34. The number of aryl methyl sites for hydroxylation is 1. The van der Waals surface area contributed by atoms with Gasteiger partial charge in [-0.05, 0) is 63.1 Å². The number of sulfonamides is 1. The second-order valence-electron chi connectivity index (χ2n) is 10.4. The normalized spacial score (nSPS) is 11.9. The van der Waals surface area contributed by atoms with Gasteiger partial charge in [-0.25, -0.2) is 8.42 Å². The van der Waals surface area contributed by atoms with Gasteiger partial charge in [0.05, 0.1) is 31.9 Å². The Hall–Kier alpha value is -3.96. The van der Waals surface area contributed by atoms with Crippen molar-refractivity contribution in [1.82, 2.24) is 10.2 Å². The minimum atomic E-state index is -4.43. The molecule has 0 bridgehead atoms. The van der Waals surface area contributed by atoms with Crippen molar-refractivity contribution in [2.45, 2.75) is 57.6 Å². The smallest absolute Gasteiger partial charge is 0.265 e. The molecule has 0 unspecified atom stereocenters. The van der Waals surface area contributed by atoms with E-state index in [2.05, 4.69) is 5.32 Å². The Bertz CT molecular complexity index is 1560. The molecule has 2 amide bonds. The van der Waals surface area contributed by atoms with Crippen molar-refractivity contribution in [3.8, 4) is 17.2 Å². The molecule has 0 aliphatic carbocycles. The van der Waals surface area contributed by atoms with E-state index in [-0.39, 0.29) is 45.6 Å². The molecule has 0 aliphatic rings. The van der Waals surface area contributed by atoms with Gasteiger partial charge in [0.1, 0.15) is 18.3 Å². The maximum atomic E-state index is 14.3. The molecule has 1 N–H and O–H groups in total. The third kappa shape index (κ3) is 8.15. The maximum Gasteiger partial charge on any atom is 0.265 e. The zero-order valence-electron chi connectivity index (χ0n) is 26.1. The summed E-state index contributed by atoms with van der Waals surface area (Å²) in [5.41, 5.74) is 1.88. The van der Waals surface area contributed by atoms with Crippen LogP contribution in [0.25, 0.3) is 0 Å². The number of amides is 2. The van der Waals surface area contributed by atoms with Crippen molar-refractivity contribution in [1.29, 1.82) is 0 Å². The van der Waals surface area contributed by atoms with E-state index < -0.39 is 28.5 Å². The van der Waals surface area contributed by atoms with Gasteiger partial charge in [0.25, 0.3) is 10.0 Å². The number of rotatable bonds is 14. The van der Waals surface area contributed by atoms with E-state index in [1.807, 2.05) is 45.0 Å². The van der Waals surface area contributed by atoms with Crippen molar-refractivity contribution in [2.75, 3.05) is 32.2 Å². The van der Waals surface area contributed by atoms with Crippen LogP contribution in [0.15, 0.2) is 65.6 Å². The topological polar surface area (TPSA) is 114 Å². The Morgan fingerprint density at radius 2 is 1.50 bits per heavy atom. The highest BCUT2D eigenvalue weighted by molar-refractivity contribution is 7.92. The van der Waals surface area contributed by atoms with Crippen molar-refractivity contribution in [3.05, 3.63) is 76.8 Å². The average molecular weight is 646 g/mol. The molecule has 0 saturated carbocycles. The van der Waals surface area contributed by atoms with Crippen LogP contribution in [0.2, 0.25) is 5.02 Å². The lowest BCUT2D eigenvalue weighted by atomic mass is 10.1. The second-order valence-corrected chi connectivity index (χ2v) is 12.7. The molecule has 0 fully saturated rings. The number of benzene rings is 3. The number of hydrogen-bond donors (Lipinski definition) is 1. The molecule has 1 atom stereocenters. The number of nitrogens with zero attached hydrogens (tertiary/aromatic N) is 2. The summed E-state index contributed by atoms with van der Waals surface area (Å²) in [6.07, 6.45) is 0.305. The highest BCUT2D eigenvalue weighted by Gasteiger charge is 2.35. The van der Waals surface area contributed by atoms with E-state index in [9.17, 15) is 18.0 Å². The van der Waals surface area contributed by atoms with E-state index in [1.165, 1.54) is 56.6 Å². The number of carbonyl (C=O) groups excluding carboxylic acids is 2. The van der Waals surface area contributed by atoms with Gasteiger partial charge >= 0.3 is 0 Å². The van der Waals surface area contributed by atoms with Crippen molar-refractivity contribution < 1.29 is 32.2 Å². The van der Waals surface area contributed by atoms with Crippen LogP contribution in [0.5, 0.6) is 17.2 Å². The van der Waals surface area contributed by atoms with E-state index in [4.69, 9.17) is 25.8 Å². The SMILES string of the molecule is CC[C@@H](C(=O)NC(C)C)N(Cc1ccc(C)cc1)C(=O)CN(c1cc(Cl)ccc1OC)S(=O)(=O)c1ccc(OC)c(OC)c1. The number of methoxy groups -OCH3 is 3. The summed E-state index contributed by atoms with van der Waals surface area (Å²) in [5, 5.41) is 3.12. The molecule has 0 saturated heterocycles. The summed E-state index contributed by atoms with van der Waals surface area (Å²) in [6, 6.07) is 15.2. The fourth-order valence-corrected chi connectivity index (χ4v) is 6.26. The molecular formula is C32H40ClN3O7S. The zero-order valence-corrected chi connectivity index (χ0v) is 27.7. The number of halogens is 1. The quantitative estimate of drug-likeness (QED) is 0.256. The summed E-state index contributed by atoms with van der Waals surface area (Å²) < 4.78 is 45.7. The van der Waals surface area contributed by atoms with Gasteiger partial charge in [0.15, 0.2) is 11.5 Å². The molecule has 12 heteroatoms. The fraction of sp³-hybridized carbons (Fsp3) is 0.375. The zero-order chi connectivity index (χ0) is 32.6. The summed E-state index contributed by atoms with van der Waals surface area (Å²) in [6.45, 7) is 6.86. The van der Waals surface area contributed by atoms with Gasteiger partial charge in [0, 0.05) is 23.7 Å². The monoisotopic (exact) mass is 645 g/mol. The molecule has 44 heavy (non-hydrogen) atoms. The van der Waals surface area contributed by atoms with Gasteiger partial charge in [-0.1, -0.05) is 48.4 Å². The van der Waals surface area contributed by atoms with Crippen LogP contribution < -0.4 is 23.8 Å². The maximum absolute atomic E-state index is 14.3. The van der Waals surface area contributed by atoms with Gasteiger partial charge in [-0.3, -0.25) is 13.9 Å². The van der Waals surface area contributed by atoms with Gasteiger partial charge in [-0.15, -0.1) is 0 Å². The van der Waals surface area contributed by atoms with Crippen molar-refractivity contribution in [3.63, 3.8) is 0 Å². The molecule has 0 aromatic heterocycles.